The van der Waals surface area contributed by atoms with Crippen LogP contribution in [0.1, 0.15) is 0 Å². The molecule has 0 aromatic heterocycles. The fourth-order valence-electron chi connectivity index (χ4n) is 2.41. The fraction of sp³-hybridized carbons (Fsp3) is 0.571. The molecule has 1 fully saturated rings. The van der Waals surface area contributed by atoms with Crippen LogP contribution < -0.4 is 10.6 Å². The molecule has 1 saturated heterocycles. The molecule has 1 heterocycles. The monoisotopic (exact) mass is 283 g/mol. The van der Waals surface area contributed by atoms with Crippen LogP contribution in [0.15, 0.2) is 24.3 Å². The minimum absolute atomic E-state index is 0.131. The predicted molar refractivity (Wildman–Crippen MR) is 80.0 cm³/mol. The minimum Gasteiger partial charge on any atom is -0.379 e. The van der Waals surface area contributed by atoms with Crippen molar-refractivity contribution in [1.29, 1.82) is 0 Å². The van der Waals surface area contributed by atoms with Gasteiger partial charge in [-0.1, -0.05) is 23.7 Å². The van der Waals surface area contributed by atoms with Gasteiger partial charge in [0, 0.05) is 46.4 Å². The average Bonchev–Trinajstić information content (AvgIpc) is 2.46. The quantitative estimate of drug-likeness (QED) is 0.888. The predicted octanol–water partition coefficient (Wildman–Crippen LogP) is 1.44. The zero-order chi connectivity index (χ0) is 13.7. The van der Waals surface area contributed by atoms with Gasteiger partial charge in [0.15, 0.2) is 0 Å². The number of hydrogen-bond donors (Lipinski definition) is 1. The van der Waals surface area contributed by atoms with E-state index in [1.54, 1.807) is 7.11 Å². The standard InChI is InChI=1S/C14H22ClN3O/c1-19-12(10-16)11-17-6-8-18(9-7-17)14-5-3-2-4-13(14)15/h2-5,12H,6-11,16H2,1H3. The van der Waals surface area contributed by atoms with E-state index in [2.05, 4.69) is 15.9 Å². The molecule has 5 heteroatoms. The lowest BCUT2D eigenvalue weighted by atomic mass is 10.2. The highest BCUT2D eigenvalue weighted by Gasteiger charge is 2.20. The number of methoxy groups -OCH3 is 1. The Labute approximate surface area is 120 Å². The van der Waals surface area contributed by atoms with Crippen molar-refractivity contribution in [2.24, 2.45) is 5.73 Å². The molecule has 0 amide bonds. The number of ether oxygens (including phenoxy) is 1. The summed E-state index contributed by atoms with van der Waals surface area (Å²) in [5, 5.41) is 0.827. The molecule has 1 atom stereocenters. The molecule has 0 spiro atoms. The molecule has 1 aromatic carbocycles. The van der Waals surface area contributed by atoms with Crippen LogP contribution in [0.3, 0.4) is 0 Å². The number of hydrogen-bond acceptors (Lipinski definition) is 4. The van der Waals surface area contributed by atoms with E-state index >= 15 is 0 Å². The van der Waals surface area contributed by atoms with Gasteiger partial charge in [0.25, 0.3) is 0 Å². The SMILES string of the molecule is COC(CN)CN1CCN(c2ccccc2Cl)CC1. The van der Waals surface area contributed by atoms with Gasteiger partial charge in [-0.3, -0.25) is 4.90 Å². The molecule has 19 heavy (non-hydrogen) atoms. The summed E-state index contributed by atoms with van der Waals surface area (Å²) in [7, 11) is 1.72. The number of rotatable bonds is 5. The highest BCUT2D eigenvalue weighted by atomic mass is 35.5. The summed E-state index contributed by atoms with van der Waals surface area (Å²) in [6.07, 6.45) is 0.131. The first kappa shape index (κ1) is 14.6. The summed E-state index contributed by atoms with van der Waals surface area (Å²) in [6.45, 7) is 5.50. The van der Waals surface area contributed by atoms with Crippen LogP contribution in [-0.4, -0.2) is 57.4 Å². The molecular weight excluding hydrogens is 262 g/mol. The highest BCUT2D eigenvalue weighted by Crippen LogP contribution is 2.25. The second kappa shape index (κ2) is 7.10. The van der Waals surface area contributed by atoms with Crippen molar-refractivity contribution in [2.45, 2.75) is 6.10 Å². The highest BCUT2D eigenvalue weighted by molar-refractivity contribution is 6.33. The molecular formula is C14H22ClN3O. The number of para-hydroxylation sites is 1. The Kier molecular flexibility index (Phi) is 5.45. The van der Waals surface area contributed by atoms with Crippen LogP contribution in [0.25, 0.3) is 0 Å². The van der Waals surface area contributed by atoms with Crippen molar-refractivity contribution in [1.82, 2.24) is 4.90 Å². The van der Waals surface area contributed by atoms with Gasteiger partial charge in [0.2, 0.25) is 0 Å². The number of benzene rings is 1. The Balaban J connectivity index is 1.87. The Morgan fingerprint density at radius 2 is 1.95 bits per heavy atom. The minimum atomic E-state index is 0.131. The van der Waals surface area contributed by atoms with Crippen LogP contribution in [-0.2, 0) is 4.74 Å². The lowest BCUT2D eigenvalue weighted by Crippen LogP contribution is -2.49. The molecule has 1 aliphatic rings. The third-order valence-corrected chi connectivity index (χ3v) is 3.94. The van der Waals surface area contributed by atoms with Gasteiger partial charge < -0.3 is 15.4 Å². The molecule has 1 aromatic rings. The Morgan fingerprint density at radius 1 is 1.26 bits per heavy atom. The van der Waals surface area contributed by atoms with Crippen molar-refractivity contribution in [2.75, 3.05) is 51.3 Å². The zero-order valence-electron chi connectivity index (χ0n) is 11.4. The van der Waals surface area contributed by atoms with E-state index < -0.39 is 0 Å². The number of piperazine rings is 1. The molecule has 2 N–H and O–H groups in total. The van der Waals surface area contributed by atoms with Crippen LogP contribution in [0, 0.1) is 0 Å². The van der Waals surface area contributed by atoms with Crippen LogP contribution in [0.2, 0.25) is 5.02 Å². The largest absolute Gasteiger partial charge is 0.379 e. The van der Waals surface area contributed by atoms with E-state index in [9.17, 15) is 0 Å². The fourth-order valence-corrected chi connectivity index (χ4v) is 2.67. The summed E-state index contributed by atoms with van der Waals surface area (Å²) >= 11 is 6.23. The van der Waals surface area contributed by atoms with Crippen LogP contribution in [0.5, 0.6) is 0 Å². The van der Waals surface area contributed by atoms with E-state index in [1.807, 2.05) is 18.2 Å². The van der Waals surface area contributed by atoms with Gasteiger partial charge in [-0.15, -0.1) is 0 Å². The molecule has 0 saturated carbocycles. The van der Waals surface area contributed by atoms with E-state index in [1.165, 1.54) is 0 Å². The molecule has 1 aliphatic heterocycles. The van der Waals surface area contributed by atoms with Gasteiger partial charge in [-0.2, -0.15) is 0 Å². The van der Waals surface area contributed by atoms with E-state index in [4.69, 9.17) is 22.1 Å². The third-order valence-electron chi connectivity index (χ3n) is 3.62. The van der Waals surface area contributed by atoms with Crippen molar-refractivity contribution in [3.63, 3.8) is 0 Å². The van der Waals surface area contributed by atoms with E-state index in [-0.39, 0.29) is 6.10 Å². The molecule has 1 unspecified atom stereocenters. The maximum atomic E-state index is 6.23. The Hall–Kier alpha value is -0.810. The first-order valence-electron chi connectivity index (χ1n) is 6.69. The molecule has 0 aliphatic carbocycles. The second-order valence-corrected chi connectivity index (χ2v) is 5.24. The van der Waals surface area contributed by atoms with Crippen molar-refractivity contribution in [3.8, 4) is 0 Å². The summed E-state index contributed by atoms with van der Waals surface area (Å²) in [4.78, 5) is 4.73. The summed E-state index contributed by atoms with van der Waals surface area (Å²) in [6, 6.07) is 8.02. The normalized spacial score (nSPS) is 18.6. The summed E-state index contributed by atoms with van der Waals surface area (Å²) in [5.41, 5.74) is 6.79. The molecule has 0 radical (unpaired) electrons. The lowest BCUT2D eigenvalue weighted by Gasteiger charge is -2.37. The third kappa shape index (κ3) is 3.83. The Bertz CT molecular complexity index is 390. The van der Waals surface area contributed by atoms with Crippen molar-refractivity contribution < 1.29 is 4.74 Å². The average molecular weight is 284 g/mol. The van der Waals surface area contributed by atoms with Crippen molar-refractivity contribution in [3.05, 3.63) is 29.3 Å². The molecule has 2 rings (SSSR count). The second-order valence-electron chi connectivity index (χ2n) is 4.83. The van der Waals surface area contributed by atoms with Gasteiger partial charge in [0.1, 0.15) is 0 Å². The van der Waals surface area contributed by atoms with Gasteiger partial charge in [-0.05, 0) is 12.1 Å². The molecule has 0 bridgehead atoms. The van der Waals surface area contributed by atoms with Gasteiger partial charge >= 0.3 is 0 Å². The van der Waals surface area contributed by atoms with Crippen molar-refractivity contribution >= 4 is 17.3 Å². The first-order chi connectivity index (χ1) is 9.24. The summed E-state index contributed by atoms with van der Waals surface area (Å²) in [5.74, 6) is 0. The number of nitrogens with two attached hydrogens (primary N) is 1. The van der Waals surface area contributed by atoms with E-state index in [0.717, 1.165) is 43.4 Å². The molecule has 4 nitrogen and oxygen atoms in total. The maximum Gasteiger partial charge on any atom is 0.0820 e. The maximum absolute atomic E-state index is 6.23. The number of anilines is 1. The van der Waals surface area contributed by atoms with Gasteiger partial charge in [-0.25, -0.2) is 0 Å². The Morgan fingerprint density at radius 3 is 2.53 bits per heavy atom. The zero-order valence-corrected chi connectivity index (χ0v) is 12.1. The molecule has 106 valence electrons. The number of halogens is 1. The number of nitrogens with zero attached hydrogens (tertiary/aromatic N) is 2. The van der Waals surface area contributed by atoms with Gasteiger partial charge in [0.05, 0.1) is 16.8 Å². The summed E-state index contributed by atoms with van der Waals surface area (Å²) < 4.78 is 5.33. The smallest absolute Gasteiger partial charge is 0.0820 e. The van der Waals surface area contributed by atoms with Crippen LogP contribution >= 0.6 is 11.6 Å². The van der Waals surface area contributed by atoms with E-state index in [0.29, 0.717) is 6.54 Å². The first-order valence-corrected chi connectivity index (χ1v) is 7.07. The van der Waals surface area contributed by atoms with Crippen LogP contribution in [0.4, 0.5) is 5.69 Å². The lowest BCUT2D eigenvalue weighted by molar-refractivity contribution is 0.0679. The topological polar surface area (TPSA) is 41.7 Å².